The molecule has 0 bridgehead atoms. The normalized spacial score (nSPS) is 18.4. The van der Waals surface area contributed by atoms with E-state index in [1.807, 2.05) is 5.38 Å². The van der Waals surface area contributed by atoms with Gasteiger partial charge in [-0.05, 0) is 37.1 Å². The number of hydrogen-bond acceptors (Lipinski definition) is 7. The lowest BCUT2D eigenvalue weighted by Gasteiger charge is -2.16. The molecule has 3 heterocycles. The Morgan fingerprint density at radius 3 is 2.45 bits per heavy atom. The van der Waals surface area contributed by atoms with Crippen LogP contribution in [-0.4, -0.2) is 51.1 Å². The fraction of sp³-hybridized carbons (Fsp3) is 0.435. The van der Waals surface area contributed by atoms with Crippen LogP contribution >= 0.6 is 23.1 Å². The number of rotatable bonds is 5. The SMILES string of the molecule is CC(C)(C)c1csc(NC(=O)c2ccc(NC(=O)C[C@@H]3SC(N4CCCC4)=NC3=O)cc2)n1. The first-order chi connectivity index (χ1) is 15.7. The summed E-state index contributed by atoms with van der Waals surface area (Å²) in [5.41, 5.74) is 1.88. The maximum Gasteiger partial charge on any atom is 0.262 e. The lowest BCUT2D eigenvalue weighted by Crippen LogP contribution is -2.25. The number of hydrogen-bond donors (Lipinski definition) is 2. The van der Waals surface area contributed by atoms with Crippen LogP contribution in [0.25, 0.3) is 0 Å². The molecular weight excluding hydrogens is 458 g/mol. The molecule has 174 valence electrons. The molecule has 8 nitrogen and oxygen atoms in total. The van der Waals surface area contributed by atoms with Crippen LogP contribution in [0, 0.1) is 0 Å². The maximum absolute atomic E-state index is 12.5. The second-order valence-electron chi connectivity index (χ2n) is 9.10. The van der Waals surface area contributed by atoms with Crippen molar-refractivity contribution in [3.05, 3.63) is 40.9 Å². The standard InChI is InChI=1S/C23H27N5O3S2/c1-23(2,3)17-13-32-21(25-17)26-19(30)14-6-8-15(9-7-14)24-18(29)12-16-20(31)27-22(33-16)28-10-4-5-11-28/h6-9,13,16H,4-5,10-12H2,1-3H3,(H,24,29)(H,25,26,30)/t16-/m0/s1. The lowest BCUT2D eigenvalue weighted by atomic mass is 9.93. The number of aromatic nitrogens is 1. The number of amides is 3. The number of benzene rings is 1. The van der Waals surface area contributed by atoms with Crippen LogP contribution in [0.5, 0.6) is 0 Å². The number of thioether (sulfide) groups is 1. The van der Waals surface area contributed by atoms with Crippen molar-refractivity contribution < 1.29 is 14.4 Å². The Labute approximate surface area is 201 Å². The maximum atomic E-state index is 12.5. The molecule has 0 radical (unpaired) electrons. The van der Waals surface area contributed by atoms with Crippen molar-refractivity contribution in [2.45, 2.75) is 50.7 Å². The van der Waals surface area contributed by atoms with E-state index < -0.39 is 5.25 Å². The number of carbonyl (C=O) groups is 3. The van der Waals surface area contributed by atoms with Crippen molar-refractivity contribution in [2.24, 2.45) is 4.99 Å². The van der Waals surface area contributed by atoms with E-state index in [1.54, 1.807) is 24.3 Å². The van der Waals surface area contributed by atoms with Gasteiger partial charge >= 0.3 is 0 Å². The summed E-state index contributed by atoms with van der Waals surface area (Å²) in [6.07, 6.45) is 2.27. The molecule has 0 aliphatic carbocycles. The van der Waals surface area contributed by atoms with Crippen LogP contribution in [0.15, 0.2) is 34.6 Å². The molecular formula is C23H27N5O3S2. The van der Waals surface area contributed by atoms with Gasteiger partial charge in [0, 0.05) is 41.6 Å². The predicted molar refractivity (Wildman–Crippen MR) is 133 cm³/mol. The number of thiazole rings is 1. The van der Waals surface area contributed by atoms with E-state index in [1.165, 1.54) is 23.1 Å². The minimum atomic E-state index is -0.484. The monoisotopic (exact) mass is 485 g/mol. The molecule has 2 aromatic rings. The Hall–Kier alpha value is -2.72. The van der Waals surface area contributed by atoms with Crippen molar-refractivity contribution >= 4 is 56.8 Å². The van der Waals surface area contributed by atoms with E-state index in [-0.39, 0.29) is 29.6 Å². The van der Waals surface area contributed by atoms with Gasteiger partial charge in [0.1, 0.15) is 5.25 Å². The van der Waals surface area contributed by atoms with E-state index >= 15 is 0 Å². The summed E-state index contributed by atoms with van der Waals surface area (Å²) in [5.74, 6) is -0.767. The van der Waals surface area contributed by atoms with E-state index in [4.69, 9.17) is 0 Å². The Morgan fingerprint density at radius 1 is 1.12 bits per heavy atom. The average Bonchev–Trinajstić information content (AvgIpc) is 3.50. The number of likely N-dealkylation sites (tertiary alicyclic amines) is 1. The summed E-state index contributed by atoms with van der Waals surface area (Å²) < 4.78 is 0. The largest absolute Gasteiger partial charge is 0.351 e. The second kappa shape index (κ2) is 9.64. The number of amidine groups is 1. The van der Waals surface area contributed by atoms with Crippen molar-refractivity contribution in [1.82, 2.24) is 9.88 Å². The van der Waals surface area contributed by atoms with Crippen molar-refractivity contribution in [3.63, 3.8) is 0 Å². The van der Waals surface area contributed by atoms with Crippen LogP contribution in [0.2, 0.25) is 0 Å². The number of nitrogens with one attached hydrogen (secondary N) is 2. The Balaban J connectivity index is 1.28. The van der Waals surface area contributed by atoms with E-state index in [0.29, 0.717) is 16.4 Å². The molecule has 2 aliphatic rings. The average molecular weight is 486 g/mol. The minimum absolute atomic E-state index is 0.0622. The molecule has 0 unspecified atom stereocenters. The van der Waals surface area contributed by atoms with E-state index in [0.717, 1.165) is 36.8 Å². The quantitative estimate of drug-likeness (QED) is 0.660. The molecule has 4 rings (SSSR count). The van der Waals surface area contributed by atoms with Crippen LogP contribution < -0.4 is 10.6 Å². The molecule has 1 aromatic carbocycles. The van der Waals surface area contributed by atoms with Crippen molar-refractivity contribution in [1.29, 1.82) is 0 Å². The second-order valence-corrected chi connectivity index (χ2v) is 11.1. The highest BCUT2D eigenvalue weighted by molar-refractivity contribution is 8.15. The molecule has 2 aliphatic heterocycles. The first-order valence-corrected chi connectivity index (χ1v) is 12.7. The Kier molecular flexibility index (Phi) is 6.85. The molecule has 1 aromatic heterocycles. The van der Waals surface area contributed by atoms with Gasteiger partial charge < -0.3 is 10.2 Å². The molecule has 1 fully saturated rings. The van der Waals surface area contributed by atoms with Crippen LogP contribution in [0.1, 0.15) is 56.1 Å². The Bertz CT molecular complexity index is 1080. The predicted octanol–water partition coefficient (Wildman–Crippen LogP) is 4.12. The van der Waals surface area contributed by atoms with Gasteiger partial charge in [-0.3, -0.25) is 19.7 Å². The van der Waals surface area contributed by atoms with Gasteiger partial charge in [-0.2, -0.15) is 4.99 Å². The number of carbonyl (C=O) groups excluding carboxylic acids is 3. The number of aliphatic imine (C=N–C) groups is 1. The molecule has 1 atom stereocenters. The highest BCUT2D eigenvalue weighted by atomic mass is 32.2. The third kappa shape index (κ3) is 5.80. The smallest absolute Gasteiger partial charge is 0.262 e. The first kappa shape index (κ1) is 23.4. The number of nitrogens with zero attached hydrogens (tertiary/aromatic N) is 3. The zero-order valence-corrected chi connectivity index (χ0v) is 20.5. The minimum Gasteiger partial charge on any atom is -0.351 e. The third-order valence-corrected chi connectivity index (χ3v) is 7.37. The molecule has 10 heteroatoms. The summed E-state index contributed by atoms with van der Waals surface area (Å²) in [5, 5.41) is 8.36. The fourth-order valence-corrected chi connectivity index (χ4v) is 5.53. The van der Waals surface area contributed by atoms with Gasteiger partial charge in [0.15, 0.2) is 10.3 Å². The van der Waals surface area contributed by atoms with E-state index in [9.17, 15) is 14.4 Å². The summed E-state index contributed by atoms with van der Waals surface area (Å²) in [4.78, 5) is 47.9. The van der Waals surface area contributed by atoms with Gasteiger partial charge in [-0.15, -0.1) is 11.3 Å². The summed E-state index contributed by atoms with van der Waals surface area (Å²) in [7, 11) is 0. The van der Waals surface area contributed by atoms with Crippen LogP contribution in [0.4, 0.5) is 10.8 Å². The summed E-state index contributed by atoms with van der Waals surface area (Å²) in [6, 6.07) is 6.64. The molecule has 2 N–H and O–H groups in total. The topological polar surface area (TPSA) is 104 Å². The van der Waals surface area contributed by atoms with Gasteiger partial charge in [-0.25, -0.2) is 4.98 Å². The molecule has 3 amide bonds. The highest BCUT2D eigenvalue weighted by Gasteiger charge is 2.33. The summed E-state index contributed by atoms with van der Waals surface area (Å²) in [6.45, 7) is 8.04. The van der Waals surface area contributed by atoms with Crippen molar-refractivity contribution in [2.75, 3.05) is 23.7 Å². The molecule has 1 saturated heterocycles. The van der Waals surface area contributed by atoms with Crippen LogP contribution in [-0.2, 0) is 15.0 Å². The summed E-state index contributed by atoms with van der Waals surface area (Å²) >= 11 is 2.77. The van der Waals surface area contributed by atoms with Crippen LogP contribution in [0.3, 0.4) is 0 Å². The number of anilines is 2. The van der Waals surface area contributed by atoms with Gasteiger partial charge in [0.25, 0.3) is 11.8 Å². The zero-order chi connectivity index (χ0) is 23.6. The van der Waals surface area contributed by atoms with Crippen molar-refractivity contribution in [3.8, 4) is 0 Å². The third-order valence-electron chi connectivity index (χ3n) is 5.40. The molecule has 0 saturated carbocycles. The lowest BCUT2D eigenvalue weighted by molar-refractivity contribution is -0.121. The van der Waals surface area contributed by atoms with Gasteiger partial charge in [-0.1, -0.05) is 32.5 Å². The first-order valence-electron chi connectivity index (χ1n) is 10.9. The Morgan fingerprint density at radius 2 is 1.82 bits per heavy atom. The molecule has 33 heavy (non-hydrogen) atoms. The highest BCUT2D eigenvalue weighted by Crippen LogP contribution is 2.29. The van der Waals surface area contributed by atoms with Gasteiger partial charge in [0.2, 0.25) is 5.91 Å². The fourth-order valence-electron chi connectivity index (χ4n) is 3.48. The van der Waals surface area contributed by atoms with E-state index in [2.05, 4.69) is 46.3 Å². The van der Waals surface area contributed by atoms with Gasteiger partial charge in [0.05, 0.1) is 5.69 Å². The molecule has 0 spiro atoms. The zero-order valence-electron chi connectivity index (χ0n) is 18.9.